The molecule has 0 spiro atoms. The molecule has 9 nitrogen and oxygen atoms in total. The summed E-state index contributed by atoms with van der Waals surface area (Å²) in [5, 5.41) is 5.09. The summed E-state index contributed by atoms with van der Waals surface area (Å²) in [6.07, 6.45) is 7.30. The second kappa shape index (κ2) is 8.90. The largest absolute Gasteiger partial charge is 0.368 e. The van der Waals surface area contributed by atoms with Crippen LogP contribution >= 0.6 is 0 Å². The van der Waals surface area contributed by atoms with Gasteiger partial charge in [-0.15, -0.1) is 0 Å². The lowest BCUT2D eigenvalue weighted by molar-refractivity contribution is -0.110. The van der Waals surface area contributed by atoms with Crippen LogP contribution in [0.5, 0.6) is 0 Å². The molecule has 0 amide bonds. The maximum absolute atomic E-state index is 14.9. The molecule has 35 heavy (non-hydrogen) atoms. The average Bonchev–Trinajstić information content (AvgIpc) is 3.48. The Labute approximate surface area is 200 Å². The van der Waals surface area contributed by atoms with E-state index in [2.05, 4.69) is 25.0 Å². The average molecular weight is 474 g/mol. The van der Waals surface area contributed by atoms with Gasteiger partial charge in [-0.3, -0.25) is 4.68 Å². The van der Waals surface area contributed by atoms with Crippen LogP contribution in [0.1, 0.15) is 18.2 Å². The number of aromatic amines is 1. The molecule has 5 rings (SSSR count). The molecule has 0 aliphatic heterocycles. The molecule has 0 radical (unpaired) electrons. The predicted molar refractivity (Wildman–Crippen MR) is 130 cm³/mol. The number of fused-ring (bicyclic) bond motifs is 1. The highest BCUT2D eigenvalue weighted by atomic mass is 19.1. The van der Waals surface area contributed by atoms with Crippen molar-refractivity contribution in [3.63, 3.8) is 0 Å². The summed E-state index contributed by atoms with van der Waals surface area (Å²) in [6, 6.07) is 10.1. The quantitative estimate of drug-likeness (QED) is 0.343. The van der Waals surface area contributed by atoms with Gasteiger partial charge in [-0.25, -0.2) is 19.3 Å². The fourth-order valence-electron chi connectivity index (χ4n) is 4.11. The molecule has 1 unspecified atom stereocenters. The van der Waals surface area contributed by atoms with Crippen LogP contribution in [-0.2, 0) is 22.1 Å². The second-order valence-electron chi connectivity index (χ2n) is 8.29. The smallest absolute Gasteiger partial charge is 0.220 e. The van der Waals surface area contributed by atoms with Crippen molar-refractivity contribution < 1.29 is 13.9 Å². The fraction of sp³-hybridized carbons (Fsp3) is 0.200. The number of anilines is 1. The molecule has 4 aromatic heterocycles. The van der Waals surface area contributed by atoms with E-state index in [9.17, 15) is 4.39 Å². The van der Waals surface area contributed by atoms with Crippen LogP contribution in [0.4, 0.5) is 10.3 Å². The van der Waals surface area contributed by atoms with Gasteiger partial charge in [-0.05, 0) is 25.1 Å². The summed E-state index contributed by atoms with van der Waals surface area (Å²) >= 11 is 0. The van der Waals surface area contributed by atoms with Crippen molar-refractivity contribution in [1.29, 1.82) is 0 Å². The van der Waals surface area contributed by atoms with E-state index in [1.54, 1.807) is 48.3 Å². The van der Waals surface area contributed by atoms with E-state index in [0.717, 1.165) is 22.1 Å². The van der Waals surface area contributed by atoms with Crippen LogP contribution < -0.4 is 5.73 Å². The number of hydrogen-bond donors (Lipinski definition) is 2. The Bertz CT molecular complexity index is 1510. The van der Waals surface area contributed by atoms with Gasteiger partial charge >= 0.3 is 0 Å². The zero-order valence-corrected chi connectivity index (χ0v) is 19.5. The minimum Gasteiger partial charge on any atom is -0.368 e. The molecule has 1 aromatic carbocycles. The summed E-state index contributed by atoms with van der Waals surface area (Å²) in [6.45, 7) is 1.66. The Kier molecular flexibility index (Phi) is 5.75. The highest BCUT2D eigenvalue weighted by molar-refractivity contribution is 5.95. The standard InChI is InChI=1S/C25H24FN7O2/c1-25(35-14-34-3,19-6-4-5-7-20(19)26)22-9-21(31-24(27)32-22)18-12-29-23-17(18)8-15(10-28-23)16-11-30-33(2)13-16/h4-13H,14H2,1-3H3,(H,28,29)(H2,27,31,32). The van der Waals surface area contributed by atoms with E-state index in [1.807, 2.05) is 25.5 Å². The lowest BCUT2D eigenvalue weighted by Gasteiger charge is -2.30. The number of halogens is 1. The molecule has 0 fully saturated rings. The van der Waals surface area contributed by atoms with Gasteiger partial charge < -0.3 is 20.2 Å². The van der Waals surface area contributed by atoms with E-state index in [0.29, 0.717) is 22.6 Å². The number of nitrogens with zero attached hydrogens (tertiary/aromatic N) is 5. The summed E-state index contributed by atoms with van der Waals surface area (Å²) in [7, 11) is 3.36. The molecule has 4 heterocycles. The third kappa shape index (κ3) is 4.13. The highest BCUT2D eigenvalue weighted by Gasteiger charge is 2.35. The van der Waals surface area contributed by atoms with Gasteiger partial charge in [0.25, 0.3) is 0 Å². The van der Waals surface area contributed by atoms with E-state index in [1.165, 1.54) is 13.2 Å². The number of rotatable bonds is 7. The van der Waals surface area contributed by atoms with Gasteiger partial charge in [0.2, 0.25) is 5.95 Å². The Morgan fingerprint density at radius 1 is 1.14 bits per heavy atom. The molecule has 0 saturated heterocycles. The summed E-state index contributed by atoms with van der Waals surface area (Å²) in [5.41, 5.74) is 9.43. The Hall–Kier alpha value is -4.15. The van der Waals surface area contributed by atoms with Crippen LogP contribution in [0.15, 0.2) is 61.2 Å². The molecular weight excluding hydrogens is 449 g/mol. The SMILES string of the molecule is COCOC(C)(c1cc(-c2c[nH]c3ncc(-c4cnn(C)c4)cc23)nc(N)n1)c1ccccc1F. The molecular formula is C25H24FN7O2. The molecule has 1 atom stereocenters. The fourth-order valence-corrected chi connectivity index (χ4v) is 4.11. The first kappa shape index (κ1) is 22.6. The summed E-state index contributed by atoms with van der Waals surface area (Å²) in [4.78, 5) is 16.6. The molecule has 0 aliphatic carbocycles. The molecule has 178 valence electrons. The molecule has 5 aromatic rings. The van der Waals surface area contributed by atoms with E-state index < -0.39 is 11.4 Å². The topological polar surface area (TPSA) is 117 Å². The Morgan fingerprint density at radius 2 is 1.97 bits per heavy atom. The summed E-state index contributed by atoms with van der Waals surface area (Å²) in [5.74, 6) is -0.394. The first-order valence-corrected chi connectivity index (χ1v) is 10.9. The minimum absolute atomic E-state index is 0.0341. The summed E-state index contributed by atoms with van der Waals surface area (Å²) < 4.78 is 27.7. The second-order valence-corrected chi connectivity index (χ2v) is 8.29. The van der Waals surface area contributed by atoms with E-state index in [-0.39, 0.29) is 12.7 Å². The van der Waals surface area contributed by atoms with Gasteiger partial charge in [0.15, 0.2) is 0 Å². The van der Waals surface area contributed by atoms with E-state index in [4.69, 9.17) is 15.2 Å². The van der Waals surface area contributed by atoms with Crippen molar-refractivity contribution in [1.82, 2.24) is 29.7 Å². The first-order valence-electron chi connectivity index (χ1n) is 10.9. The van der Waals surface area contributed by atoms with Crippen molar-refractivity contribution in [2.45, 2.75) is 12.5 Å². The maximum Gasteiger partial charge on any atom is 0.220 e. The maximum atomic E-state index is 14.9. The number of aryl methyl sites for hydroxylation is 1. The minimum atomic E-state index is -1.28. The number of benzene rings is 1. The van der Waals surface area contributed by atoms with Gasteiger partial charge in [0.1, 0.15) is 23.9 Å². The zero-order chi connectivity index (χ0) is 24.6. The normalized spacial score (nSPS) is 13.3. The number of aromatic nitrogens is 6. The van der Waals surface area contributed by atoms with Crippen molar-refractivity contribution in [2.24, 2.45) is 7.05 Å². The molecule has 0 saturated carbocycles. The molecule has 10 heteroatoms. The highest BCUT2D eigenvalue weighted by Crippen LogP contribution is 2.37. The third-order valence-corrected chi connectivity index (χ3v) is 5.93. The number of pyridine rings is 1. The van der Waals surface area contributed by atoms with E-state index >= 15 is 0 Å². The predicted octanol–water partition coefficient (Wildman–Crippen LogP) is 4.03. The lowest BCUT2D eigenvalue weighted by Crippen LogP contribution is -2.31. The molecule has 3 N–H and O–H groups in total. The van der Waals surface area contributed by atoms with Crippen molar-refractivity contribution in [3.05, 3.63) is 78.3 Å². The van der Waals surface area contributed by atoms with Gasteiger partial charge in [-0.1, -0.05) is 18.2 Å². The molecule has 0 bridgehead atoms. The number of hydrogen-bond acceptors (Lipinski definition) is 7. The Morgan fingerprint density at radius 3 is 2.71 bits per heavy atom. The van der Waals surface area contributed by atoms with Gasteiger partial charge in [0, 0.05) is 60.4 Å². The third-order valence-electron chi connectivity index (χ3n) is 5.93. The monoisotopic (exact) mass is 473 g/mol. The number of nitrogens with one attached hydrogen (secondary N) is 1. The van der Waals surface area contributed by atoms with Crippen LogP contribution in [0, 0.1) is 5.82 Å². The van der Waals surface area contributed by atoms with Crippen LogP contribution in [0.25, 0.3) is 33.4 Å². The number of H-pyrrole nitrogens is 1. The van der Waals surface area contributed by atoms with Crippen molar-refractivity contribution >= 4 is 17.0 Å². The zero-order valence-electron chi connectivity index (χ0n) is 19.5. The van der Waals surface area contributed by atoms with Crippen molar-refractivity contribution in [3.8, 4) is 22.4 Å². The first-order chi connectivity index (χ1) is 16.9. The number of ether oxygens (including phenoxy) is 2. The molecule has 0 aliphatic rings. The lowest BCUT2D eigenvalue weighted by atomic mass is 9.90. The Balaban J connectivity index is 1.65. The number of nitrogens with two attached hydrogens (primary N) is 1. The number of methoxy groups -OCH3 is 1. The van der Waals surface area contributed by atoms with Crippen molar-refractivity contribution in [2.75, 3.05) is 19.6 Å². The van der Waals surface area contributed by atoms with Crippen LogP contribution in [0.3, 0.4) is 0 Å². The van der Waals surface area contributed by atoms with Crippen LogP contribution in [0.2, 0.25) is 0 Å². The number of nitrogen functional groups attached to an aromatic ring is 1. The van der Waals surface area contributed by atoms with Gasteiger partial charge in [-0.2, -0.15) is 5.10 Å². The van der Waals surface area contributed by atoms with Gasteiger partial charge in [0.05, 0.1) is 17.6 Å². The van der Waals surface area contributed by atoms with Crippen LogP contribution in [-0.4, -0.2) is 43.6 Å².